The molecular formula is C13H11F2NO2S2. The van der Waals surface area contributed by atoms with E-state index in [2.05, 4.69) is 0 Å². The Bertz CT molecular complexity index is 761. The SMILES string of the molecule is CS(=O)(=O)c1ccc(Sc2cc(F)ccc2F)c(N)c1. The van der Waals surface area contributed by atoms with Crippen LogP contribution in [-0.4, -0.2) is 14.7 Å². The van der Waals surface area contributed by atoms with Gasteiger partial charge in [0.25, 0.3) is 0 Å². The number of benzene rings is 2. The second-order valence-electron chi connectivity index (χ2n) is 4.15. The van der Waals surface area contributed by atoms with E-state index in [1.165, 1.54) is 18.2 Å². The van der Waals surface area contributed by atoms with Gasteiger partial charge in [-0.05, 0) is 36.4 Å². The van der Waals surface area contributed by atoms with Gasteiger partial charge in [0, 0.05) is 16.8 Å². The lowest BCUT2D eigenvalue weighted by Crippen LogP contribution is -1.99. The first-order chi connectivity index (χ1) is 9.27. The highest BCUT2D eigenvalue weighted by Gasteiger charge is 2.12. The fourth-order valence-electron chi connectivity index (χ4n) is 1.52. The first-order valence-electron chi connectivity index (χ1n) is 5.50. The number of rotatable bonds is 3. The normalized spacial score (nSPS) is 11.6. The van der Waals surface area contributed by atoms with Crippen LogP contribution in [0.3, 0.4) is 0 Å². The average molecular weight is 315 g/mol. The standard InChI is InChI=1S/C13H11F2NO2S2/c1-20(17,18)9-3-5-12(11(16)7-9)19-13-6-8(14)2-4-10(13)15/h2-7H,16H2,1H3. The van der Waals surface area contributed by atoms with Crippen LogP contribution in [-0.2, 0) is 9.84 Å². The van der Waals surface area contributed by atoms with Crippen LogP contribution in [0.4, 0.5) is 14.5 Å². The third-order valence-corrected chi connectivity index (χ3v) is 4.76. The monoisotopic (exact) mass is 315 g/mol. The molecule has 106 valence electrons. The van der Waals surface area contributed by atoms with Gasteiger partial charge in [-0.1, -0.05) is 11.8 Å². The number of nitrogens with two attached hydrogens (primary N) is 1. The van der Waals surface area contributed by atoms with Crippen LogP contribution < -0.4 is 5.73 Å². The molecule has 0 amide bonds. The number of hydrogen-bond acceptors (Lipinski definition) is 4. The van der Waals surface area contributed by atoms with E-state index in [0.717, 1.165) is 36.2 Å². The summed E-state index contributed by atoms with van der Waals surface area (Å²) < 4.78 is 49.4. The topological polar surface area (TPSA) is 60.2 Å². The van der Waals surface area contributed by atoms with Crippen LogP contribution in [0.1, 0.15) is 0 Å². The Balaban J connectivity index is 2.38. The molecule has 3 nitrogen and oxygen atoms in total. The molecule has 2 aromatic rings. The molecule has 0 aliphatic heterocycles. The van der Waals surface area contributed by atoms with Gasteiger partial charge in [-0.2, -0.15) is 0 Å². The quantitative estimate of drug-likeness (QED) is 0.884. The fourth-order valence-corrected chi connectivity index (χ4v) is 3.07. The van der Waals surface area contributed by atoms with Gasteiger partial charge in [-0.25, -0.2) is 17.2 Å². The van der Waals surface area contributed by atoms with Crippen molar-refractivity contribution in [2.75, 3.05) is 12.0 Å². The fraction of sp³-hybridized carbons (Fsp3) is 0.0769. The Kier molecular flexibility index (Phi) is 4.01. The first kappa shape index (κ1) is 14.8. The van der Waals surface area contributed by atoms with E-state index in [-0.39, 0.29) is 15.5 Å². The zero-order valence-electron chi connectivity index (χ0n) is 10.4. The van der Waals surface area contributed by atoms with E-state index in [0.29, 0.717) is 4.90 Å². The van der Waals surface area contributed by atoms with Crippen molar-refractivity contribution in [2.45, 2.75) is 14.7 Å². The molecule has 0 fully saturated rings. The van der Waals surface area contributed by atoms with Gasteiger partial charge < -0.3 is 5.73 Å². The largest absolute Gasteiger partial charge is 0.398 e. The van der Waals surface area contributed by atoms with Crippen LogP contribution in [0.2, 0.25) is 0 Å². The first-order valence-corrected chi connectivity index (χ1v) is 8.20. The summed E-state index contributed by atoms with van der Waals surface area (Å²) in [6.45, 7) is 0. The predicted molar refractivity (Wildman–Crippen MR) is 74.4 cm³/mol. The summed E-state index contributed by atoms with van der Waals surface area (Å²) in [4.78, 5) is 0.629. The van der Waals surface area contributed by atoms with Gasteiger partial charge in [-0.3, -0.25) is 0 Å². The zero-order valence-corrected chi connectivity index (χ0v) is 12.1. The molecule has 0 aliphatic rings. The summed E-state index contributed by atoms with van der Waals surface area (Å²) in [7, 11) is -3.35. The van der Waals surface area contributed by atoms with Crippen molar-refractivity contribution < 1.29 is 17.2 Å². The van der Waals surface area contributed by atoms with Crippen LogP contribution in [0.5, 0.6) is 0 Å². The van der Waals surface area contributed by atoms with Crippen molar-refractivity contribution in [3.63, 3.8) is 0 Å². The molecule has 2 N–H and O–H groups in total. The van der Waals surface area contributed by atoms with Crippen molar-refractivity contribution in [3.05, 3.63) is 48.0 Å². The van der Waals surface area contributed by atoms with Gasteiger partial charge in [0.05, 0.1) is 9.79 Å². The molecule has 0 bridgehead atoms. The van der Waals surface area contributed by atoms with Gasteiger partial charge >= 0.3 is 0 Å². The second-order valence-corrected chi connectivity index (χ2v) is 7.25. The number of sulfone groups is 1. The minimum atomic E-state index is -3.35. The molecule has 0 aliphatic carbocycles. The lowest BCUT2D eigenvalue weighted by Gasteiger charge is -2.08. The van der Waals surface area contributed by atoms with Gasteiger partial charge in [0.1, 0.15) is 11.6 Å². The van der Waals surface area contributed by atoms with Gasteiger partial charge in [0.15, 0.2) is 9.84 Å². The predicted octanol–water partition coefficient (Wildman–Crippen LogP) is 3.10. The highest BCUT2D eigenvalue weighted by molar-refractivity contribution is 7.99. The van der Waals surface area contributed by atoms with E-state index >= 15 is 0 Å². The number of anilines is 1. The maximum Gasteiger partial charge on any atom is 0.175 e. The summed E-state index contributed by atoms with van der Waals surface area (Å²) in [6.07, 6.45) is 1.07. The molecule has 0 spiro atoms. The van der Waals surface area contributed by atoms with Crippen LogP contribution >= 0.6 is 11.8 Å². The lowest BCUT2D eigenvalue weighted by atomic mass is 10.3. The number of hydrogen-bond donors (Lipinski definition) is 1. The molecule has 0 saturated carbocycles. The summed E-state index contributed by atoms with van der Waals surface area (Å²) in [5.74, 6) is -1.12. The molecule has 0 saturated heterocycles. The third-order valence-electron chi connectivity index (χ3n) is 2.52. The molecular weight excluding hydrogens is 304 g/mol. The van der Waals surface area contributed by atoms with E-state index in [1.807, 2.05) is 0 Å². The highest BCUT2D eigenvalue weighted by Crippen LogP contribution is 2.35. The second kappa shape index (κ2) is 5.41. The maximum atomic E-state index is 13.5. The average Bonchev–Trinajstić information content (AvgIpc) is 2.35. The molecule has 20 heavy (non-hydrogen) atoms. The van der Waals surface area contributed by atoms with Crippen LogP contribution in [0.15, 0.2) is 51.1 Å². The van der Waals surface area contributed by atoms with Crippen molar-refractivity contribution in [3.8, 4) is 0 Å². The highest BCUT2D eigenvalue weighted by atomic mass is 32.2. The Morgan fingerprint density at radius 2 is 1.75 bits per heavy atom. The molecule has 7 heteroatoms. The Hall–Kier alpha value is -1.60. The molecule has 2 rings (SSSR count). The van der Waals surface area contributed by atoms with Crippen molar-refractivity contribution in [1.82, 2.24) is 0 Å². The molecule has 0 atom stereocenters. The Labute approximate surface area is 119 Å². The number of nitrogen functional groups attached to an aromatic ring is 1. The third kappa shape index (κ3) is 3.29. The molecule has 2 aromatic carbocycles. The zero-order chi connectivity index (χ0) is 14.9. The molecule has 0 heterocycles. The van der Waals surface area contributed by atoms with Crippen molar-refractivity contribution >= 4 is 27.3 Å². The van der Waals surface area contributed by atoms with Crippen molar-refractivity contribution in [1.29, 1.82) is 0 Å². The summed E-state index contributed by atoms with van der Waals surface area (Å²) in [6, 6.07) is 7.26. The van der Waals surface area contributed by atoms with E-state index < -0.39 is 21.5 Å². The summed E-state index contributed by atoms with van der Waals surface area (Å²) in [5.41, 5.74) is 5.95. The molecule has 0 unspecified atom stereocenters. The van der Waals surface area contributed by atoms with Crippen LogP contribution in [0.25, 0.3) is 0 Å². The van der Waals surface area contributed by atoms with Gasteiger partial charge in [0.2, 0.25) is 0 Å². The maximum absolute atomic E-state index is 13.5. The number of halogens is 2. The summed E-state index contributed by atoms with van der Waals surface area (Å²) in [5, 5.41) is 0. The van der Waals surface area contributed by atoms with Gasteiger partial charge in [-0.15, -0.1) is 0 Å². The Morgan fingerprint density at radius 1 is 1.05 bits per heavy atom. The van der Waals surface area contributed by atoms with E-state index in [1.54, 1.807) is 0 Å². The minimum absolute atomic E-state index is 0.0825. The van der Waals surface area contributed by atoms with E-state index in [4.69, 9.17) is 5.73 Å². The molecule has 0 aromatic heterocycles. The Morgan fingerprint density at radius 3 is 2.35 bits per heavy atom. The minimum Gasteiger partial charge on any atom is -0.398 e. The molecule has 0 radical (unpaired) electrons. The summed E-state index contributed by atoms with van der Waals surface area (Å²) >= 11 is 0.940. The van der Waals surface area contributed by atoms with E-state index in [9.17, 15) is 17.2 Å². The lowest BCUT2D eigenvalue weighted by molar-refractivity contribution is 0.577. The van der Waals surface area contributed by atoms with Crippen molar-refractivity contribution in [2.24, 2.45) is 0 Å². The van der Waals surface area contributed by atoms with Crippen LogP contribution in [0, 0.1) is 11.6 Å². The smallest absolute Gasteiger partial charge is 0.175 e.